The van der Waals surface area contributed by atoms with Gasteiger partial charge < -0.3 is 9.64 Å². The zero-order valence-electron chi connectivity index (χ0n) is 39.1. The molecule has 72 heavy (non-hydrogen) atoms. The molecule has 16 rings (SSSR count). The summed E-state index contributed by atoms with van der Waals surface area (Å²) in [6.45, 7) is 0. The van der Waals surface area contributed by atoms with E-state index in [9.17, 15) is 0 Å². The van der Waals surface area contributed by atoms with E-state index >= 15 is 0 Å². The number of ether oxygens (including phenoxy) is 1. The van der Waals surface area contributed by atoms with Crippen molar-refractivity contribution in [2.24, 2.45) is 0 Å². The Morgan fingerprint density at radius 3 is 1.60 bits per heavy atom. The maximum absolute atomic E-state index is 6.87. The van der Waals surface area contributed by atoms with E-state index in [0.717, 1.165) is 51.7 Å². The lowest BCUT2D eigenvalue weighted by Gasteiger charge is -2.41. The minimum absolute atomic E-state index is 0.487. The molecule has 2 heterocycles. The smallest absolute Gasteiger partial charge is 0.132 e. The van der Waals surface area contributed by atoms with Crippen LogP contribution < -0.4 is 9.64 Å². The van der Waals surface area contributed by atoms with Gasteiger partial charge in [0.15, 0.2) is 0 Å². The Balaban J connectivity index is 0.932. The highest BCUT2D eigenvalue weighted by Crippen LogP contribution is 2.63. The zero-order valence-corrected chi connectivity index (χ0v) is 40.0. The molecule has 2 nitrogen and oxygen atoms in total. The number of nitrogens with zero attached hydrogens (tertiary/aromatic N) is 1. The second-order valence-electron chi connectivity index (χ2n) is 19.8. The molecule has 0 atom stereocenters. The summed E-state index contributed by atoms with van der Waals surface area (Å²) in [5.74, 6) is 1.79. The van der Waals surface area contributed by atoms with Crippen LogP contribution in [-0.4, -0.2) is 0 Å². The first kappa shape index (κ1) is 40.0. The van der Waals surface area contributed by atoms with Gasteiger partial charge >= 0.3 is 0 Å². The minimum atomic E-state index is -0.554. The SMILES string of the molecule is c1cc(-c2ccc3c(c2)C2(c4ccccc4O3)c3ccccc3-c3ccccc32)cc(N(c2ccc3c(c2)C2(c4ccccc4C3)c3ccccc3-c3ccccc32)c2cccc3sc4ccccc4c23)c1. The van der Waals surface area contributed by atoms with E-state index in [2.05, 4.69) is 254 Å². The maximum Gasteiger partial charge on any atom is 0.132 e. The van der Waals surface area contributed by atoms with Crippen molar-refractivity contribution in [3.8, 4) is 44.9 Å². The lowest BCUT2D eigenvalue weighted by Crippen LogP contribution is -2.34. The predicted molar refractivity (Wildman–Crippen MR) is 297 cm³/mol. The van der Waals surface area contributed by atoms with Crippen molar-refractivity contribution in [3.63, 3.8) is 0 Å². The summed E-state index contributed by atoms with van der Waals surface area (Å²) < 4.78 is 9.43. The van der Waals surface area contributed by atoms with Crippen LogP contribution in [0.1, 0.15) is 55.6 Å². The summed E-state index contributed by atoms with van der Waals surface area (Å²) in [7, 11) is 0. The van der Waals surface area contributed by atoms with Gasteiger partial charge in [-0.05, 0) is 145 Å². The fourth-order valence-corrected chi connectivity index (χ4v) is 14.8. The second kappa shape index (κ2) is 14.9. The number of rotatable bonds is 4. The van der Waals surface area contributed by atoms with Crippen molar-refractivity contribution < 1.29 is 4.74 Å². The Kier molecular flexibility index (Phi) is 8.27. The van der Waals surface area contributed by atoms with Crippen molar-refractivity contribution in [3.05, 3.63) is 304 Å². The Bertz CT molecular complexity index is 4180. The summed E-state index contributed by atoms with van der Waals surface area (Å²) >= 11 is 1.87. The molecule has 0 bridgehead atoms. The highest BCUT2D eigenvalue weighted by atomic mass is 32.1. The van der Waals surface area contributed by atoms with E-state index in [4.69, 9.17) is 4.74 Å². The average molecular weight is 934 g/mol. The topological polar surface area (TPSA) is 12.5 Å². The van der Waals surface area contributed by atoms with Crippen LogP contribution in [0, 0.1) is 0 Å². The summed E-state index contributed by atoms with van der Waals surface area (Å²) in [6, 6.07) is 93.1. The number of anilines is 3. The zero-order chi connectivity index (χ0) is 47.1. The van der Waals surface area contributed by atoms with Gasteiger partial charge in [0.2, 0.25) is 0 Å². The van der Waals surface area contributed by atoms with Crippen LogP contribution >= 0.6 is 11.3 Å². The summed E-state index contributed by atoms with van der Waals surface area (Å²) in [5.41, 5.74) is 22.8. The first-order valence-corrected chi connectivity index (χ1v) is 25.8. The predicted octanol–water partition coefficient (Wildman–Crippen LogP) is 17.9. The third-order valence-corrected chi connectivity index (χ3v) is 17.6. The van der Waals surface area contributed by atoms with Gasteiger partial charge in [0.1, 0.15) is 11.5 Å². The van der Waals surface area contributed by atoms with Crippen LogP contribution in [0.3, 0.4) is 0 Å². The van der Waals surface area contributed by atoms with Crippen LogP contribution in [0.25, 0.3) is 53.6 Å². The van der Waals surface area contributed by atoms with Gasteiger partial charge in [0.25, 0.3) is 0 Å². The van der Waals surface area contributed by atoms with Crippen molar-refractivity contribution in [1.82, 2.24) is 0 Å². The molecular formula is C69H43NOS. The number of thiophene rings is 1. The normalized spacial score (nSPS) is 14.4. The van der Waals surface area contributed by atoms with Gasteiger partial charge in [-0.1, -0.05) is 188 Å². The molecule has 0 N–H and O–H groups in total. The van der Waals surface area contributed by atoms with Gasteiger partial charge in [0.05, 0.1) is 16.5 Å². The molecule has 3 aliphatic carbocycles. The van der Waals surface area contributed by atoms with Crippen LogP contribution in [0.4, 0.5) is 17.1 Å². The fourth-order valence-electron chi connectivity index (χ4n) is 13.6. The molecule has 4 aliphatic rings. The van der Waals surface area contributed by atoms with Gasteiger partial charge in [-0.15, -0.1) is 11.3 Å². The van der Waals surface area contributed by atoms with Crippen LogP contribution in [0.5, 0.6) is 11.5 Å². The van der Waals surface area contributed by atoms with Crippen molar-refractivity contribution in [1.29, 1.82) is 0 Å². The van der Waals surface area contributed by atoms with Gasteiger partial charge in [0, 0.05) is 42.7 Å². The highest BCUT2D eigenvalue weighted by molar-refractivity contribution is 7.26. The molecule has 1 aromatic heterocycles. The van der Waals surface area contributed by atoms with E-state index in [1.54, 1.807) is 0 Å². The number of para-hydroxylation sites is 1. The number of fused-ring (bicyclic) bond motifs is 21. The molecule has 0 unspecified atom stereocenters. The van der Waals surface area contributed by atoms with E-state index in [-0.39, 0.29) is 0 Å². The Morgan fingerprint density at radius 1 is 0.347 bits per heavy atom. The van der Waals surface area contributed by atoms with Crippen LogP contribution in [0.2, 0.25) is 0 Å². The number of hydrogen-bond acceptors (Lipinski definition) is 3. The average Bonchev–Trinajstić information content (AvgIpc) is 4.08. The molecule has 0 saturated carbocycles. The fraction of sp³-hybridized carbons (Fsp3) is 0.0435. The molecule has 2 spiro atoms. The van der Waals surface area contributed by atoms with Crippen molar-refractivity contribution >= 4 is 48.6 Å². The first-order valence-electron chi connectivity index (χ1n) is 25.0. The van der Waals surface area contributed by atoms with E-state index in [1.165, 1.54) is 92.5 Å². The summed E-state index contributed by atoms with van der Waals surface area (Å²) in [6.07, 6.45) is 0.876. The second-order valence-corrected chi connectivity index (χ2v) is 20.9. The van der Waals surface area contributed by atoms with Crippen LogP contribution in [-0.2, 0) is 17.3 Å². The van der Waals surface area contributed by atoms with E-state index in [0.29, 0.717) is 0 Å². The molecule has 0 amide bonds. The van der Waals surface area contributed by atoms with E-state index < -0.39 is 10.8 Å². The largest absolute Gasteiger partial charge is 0.457 e. The standard InChI is InChI=1S/C69H43NOS/c1-7-25-54-45(17-1)39-46-35-37-48(42-60(46)68(54)55-26-8-2-20-49(55)50-21-3-9-27-56(50)68)70(62-31-16-34-66-67(62)53-24-6-14-33-65(53)72-66)47-19-15-18-43(40-47)44-36-38-64-61(41-44)69(59-30-12-13-32-63(59)71-64)57-28-10-4-22-51(57)52-23-5-11-29-58(52)69/h1-38,40-42H,39H2. The third kappa shape index (κ3) is 5.22. The Morgan fingerprint density at radius 2 is 0.875 bits per heavy atom. The van der Waals surface area contributed by atoms with Crippen molar-refractivity contribution in [2.45, 2.75) is 17.3 Å². The van der Waals surface area contributed by atoms with Crippen molar-refractivity contribution in [2.75, 3.05) is 4.90 Å². The molecule has 3 heteroatoms. The van der Waals surface area contributed by atoms with E-state index in [1.807, 2.05) is 11.3 Å². The van der Waals surface area contributed by atoms with Gasteiger partial charge in [-0.2, -0.15) is 0 Å². The van der Waals surface area contributed by atoms with Crippen LogP contribution in [0.15, 0.2) is 249 Å². The Labute approximate surface area is 422 Å². The molecule has 0 radical (unpaired) electrons. The molecule has 12 aromatic rings. The monoisotopic (exact) mass is 933 g/mol. The minimum Gasteiger partial charge on any atom is -0.457 e. The molecule has 1 aliphatic heterocycles. The summed E-state index contributed by atoms with van der Waals surface area (Å²) in [4.78, 5) is 2.54. The first-order chi connectivity index (χ1) is 35.7. The highest BCUT2D eigenvalue weighted by Gasteiger charge is 2.52. The van der Waals surface area contributed by atoms with Gasteiger partial charge in [-0.25, -0.2) is 0 Å². The summed E-state index contributed by atoms with van der Waals surface area (Å²) in [5, 5.41) is 2.54. The third-order valence-electron chi connectivity index (χ3n) is 16.4. The number of hydrogen-bond donors (Lipinski definition) is 0. The quantitative estimate of drug-likeness (QED) is 0.174. The Hall–Kier alpha value is -8.76. The van der Waals surface area contributed by atoms with Gasteiger partial charge in [-0.3, -0.25) is 0 Å². The molecular weight excluding hydrogens is 891 g/mol. The molecule has 0 saturated heterocycles. The molecule has 0 fully saturated rings. The molecule has 11 aromatic carbocycles. The number of benzene rings is 11. The maximum atomic E-state index is 6.87. The molecule has 336 valence electrons. The lowest BCUT2D eigenvalue weighted by molar-refractivity contribution is 0.436. The lowest BCUT2D eigenvalue weighted by atomic mass is 9.61.